The topological polar surface area (TPSA) is 53.1 Å². The van der Waals surface area contributed by atoms with E-state index in [-0.39, 0.29) is 0 Å². The van der Waals surface area contributed by atoms with Gasteiger partial charge >= 0.3 is 0 Å². The van der Waals surface area contributed by atoms with Gasteiger partial charge in [0, 0.05) is 24.2 Å². The number of hydrogen-bond donors (Lipinski definition) is 1. The fourth-order valence-corrected chi connectivity index (χ4v) is 2.22. The monoisotopic (exact) mass is 273 g/mol. The van der Waals surface area contributed by atoms with Gasteiger partial charge in [-0.3, -0.25) is 4.68 Å². The Labute approximate surface area is 120 Å². The summed E-state index contributed by atoms with van der Waals surface area (Å²) in [5.74, 6) is 0.826. The molecule has 1 atom stereocenters. The van der Waals surface area contributed by atoms with E-state index in [0.717, 1.165) is 17.0 Å². The van der Waals surface area contributed by atoms with Gasteiger partial charge in [-0.15, -0.1) is 0 Å². The van der Waals surface area contributed by atoms with Gasteiger partial charge in [0.1, 0.15) is 5.75 Å². The maximum Gasteiger partial charge on any atom is 0.119 e. The summed E-state index contributed by atoms with van der Waals surface area (Å²) in [5.41, 5.74) is 8.06. The highest BCUT2D eigenvalue weighted by Gasteiger charge is 2.23. The van der Waals surface area contributed by atoms with Crippen molar-refractivity contribution in [2.24, 2.45) is 5.73 Å². The van der Waals surface area contributed by atoms with Crippen LogP contribution in [0.4, 0.5) is 0 Å². The Kier molecular flexibility index (Phi) is 4.14. The Morgan fingerprint density at radius 2 is 2.10 bits per heavy atom. The first kappa shape index (κ1) is 14.6. The zero-order valence-electron chi connectivity index (χ0n) is 12.6. The summed E-state index contributed by atoms with van der Waals surface area (Å²) in [6.45, 7) is 6.25. The third kappa shape index (κ3) is 3.20. The molecule has 2 N–H and O–H groups in total. The number of ether oxygens (including phenoxy) is 1. The van der Waals surface area contributed by atoms with Crippen molar-refractivity contribution in [2.75, 3.05) is 7.11 Å². The third-order valence-electron chi connectivity index (χ3n) is 3.47. The maximum atomic E-state index is 6.47. The molecule has 1 heterocycles. The zero-order chi connectivity index (χ0) is 14.8. The molecule has 0 amide bonds. The first-order valence-corrected chi connectivity index (χ1v) is 6.90. The highest BCUT2D eigenvalue weighted by molar-refractivity contribution is 5.33. The van der Waals surface area contributed by atoms with Crippen LogP contribution in [0.2, 0.25) is 0 Å². The third-order valence-corrected chi connectivity index (χ3v) is 3.47. The van der Waals surface area contributed by atoms with Crippen LogP contribution in [-0.2, 0) is 12.0 Å². The molecule has 2 aromatic rings. The summed E-state index contributed by atoms with van der Waals surface area (Å²) in [4.78, 5) is 0. The maximum absolute atomic E-state index is 6.47. The minimum absolute atomic E-state index is 0.365. The second-order valence-electron chi connectivity index (χ2n) is 5.71. The second kappa shape index (κ2) is 5.67. The van der Waals surface area contributed by atoms with Gasteiger partial charge < -0.3 is 10.5 Å². The standard InChI is InChI=1S/C16H23N3O/c1-12(2)19-9-8-14(18-19)11-16(3,17)13-6-5-7-15(10-13)20-4/h5-10,12H,11,17H2,1-4H3. The minimum Gasteiger partial charge on any atom is -0.497 e. The van der Waals surface area contributed by atoms with Gasteiger partial charge in [0.2, 0.25) is 0 Å². The van der Waals surface area contributed by atoms with E-state index in [1.165, 1.54) is 0 Å². The van der Waals surface area contributed by atoms with Crippen LogP contribution >= 0.6 is 0 Å². The SMILES string of the molecule is COc1cccc(C(C)(N)Cc2ccn(C(C)C)n2)c1. The Morgan fingerprint density at radius 1 is 1.35 bits per heavy atom. The molecule has 0 aliphatic carbocycles. The zero-order valence-corrected chi connectivity index (χ0v) is 12.6. The van der Waals surface area contributed by atoms with E-state index in [1.54, 1.807) is 7.11 Å². The second-order valence-corrected chi connectivity index (χ2v) is 5.71. The van der Waals surface area contributed by atoms with Gasteiger partial charge in [-0.05, 0) is 44.5 Å². The molecule has 0 spiro atoms. The lowest BCUT2D eigenvalue weighted by molar-refractivity contribution is 0.410. The summed E-state index contributed by atoms with van der Waals surface area (Å²) in [5, 5.41) is 4.57. The predicted octanol–water partition coefficient (Wildman–Crippen LogP) is 2.89. The summed E-state index contributed by atoms with van der Waals surface area (Å²) in [7, 11) is 1.66. The quantitative estimate of drug-likeness (QED) is 0.911. The smallest absolute Gasteiger partial charge is 0.119 e. The van der Waals surface area contributed by atoms with Gasteiger partial charge in [-0.2, -0.15) is 5.10 Å². The van der Waals surface area contributed by atoms with Crippen molar-refractivity contribution in [2.45, 2.75) is 38.8 Å². The lowest BCUT2D eigenvalue weighted by atomic mass is 9.88. The molecule has 1 unspecified atom stereocenters. The molecule has 0 bridgehead atoms. The first-order valence-electron chi connectivity index (χ1n) is 6.90. The van der Waals surface area contributed by atoms with Crippen molar-refractivity contribution < 1.29 is 4.74 Å². The fourth-order valence-electron chi connectivity index (χ4n) is 2.22. The van der Waals surface area contributed by atoms with Crippen molar-refractivity contribution in [3.8, 4) is 5.75 Å². The molecule has 0 aliphatic heterocycles. The van der Waals surface area contributed by atoms with Crippen LogP contribution < -0.4 is 10.5 Å². The van der Waals surface area contributed by atoms with E-state index in [2.05, 4.69) is 18.9 Å². The molecule has 4 nitrogen and oxygen atoms in total. The van der Waals surface area contributed by atoms with E-state index in [0.29, 0.717) is 12.5 Å². The van der Waals surface area contributed by atoms with E-state index in [1.807, 2.05) is 48.1 Å². The molecule has 0 saturated heterocycles. The van der Waals surface area contributed by atoms with Gasteiger partial charge in [0.15, 0.2) is 0 Å². The predicted molar refractivity (Wildman–Crippen MR) is 80.8 cm³/mol. The van der Waals surface area contributed by atoms with Crippen molar-refractivity contribution >= 4 is 0 Å². The van der Waals surface area contributed by atoms with E-state index < -0.39 is 5.54 Å². The largest absolute Gasteiger partial charge is 0.497 e. The summed E-state index contributed by atoms with van der Waals surface area (Å²) >= 11 is 0. The van der Waals surface area contributed by atoms with Crippen LogP contribution in [0.15, 0.2) is 36.5 Å². The number of benzene rings is 1. The number of hydrogen-bond acceptors (Lipinski definition) is 3. The number of nitrogens with two attached hydrogens (primary N) is 1. The van der Waals surface area contributed by atoms with E-state index in [9.17, 15) is 0 Å². The van der Waals surface area contributed by atoms with Gasteiger partial charge in [0.05, 0.1) is 12.8 Å². The molecule has 0 aliphatic rings. The van der Waals surface area contributed by atoms with E-state index in [4.69, 9.17) is 10.5 Å². The molecule has 0 saturated carbocycles. The average Bonchev–Trinajstić information content (AvgIpc) is 2.87. The molecule has 4 heteroatoms. The summed E-state index contributed by atoms with van der Waals surface area (Å²) < 4.78 is 7.22. The summed E-state index contributed by atoms with van der Waals surface area (Å²) in [6, 6.07) is 10.3. The summed E-state index contributed by atoms with van der Waals surface area (Å²) in [6.07, 6.45) is 2.70. The van der Waals surface area contributed by atoms with Crippen LogP contribution in [0.1, 0.15) is 38.1 Å². The molecule has 0 radical (unpaired) electrons. The van der Waals surface area contributed by atoms with Crippen molar-refractivity contribution in [3.05, 3.63) is 47.8 Å². The lowest BCUT2D eigenvalue weighted by Crippen LogP contribution is -2.35. The van der Waals surface area contributed by atoms with Gasteiger partial charge in [-0.25, -0.2) is 0 Å². The molecule has 0 fully saturated rings. The van der Waals surface area contributed by atoms with E-state index >= 15 is 0 Å². The number of methoxy groups -OCH3 is 1. The molecule has 20 heavy (non-hydrogen) atoms. The average molecular weight is 273 g/mol. The molecule has 108 valence electrons. The Morgan fingerprint density at radius 3 is 2.70 bits per heavy atom. The van der Waals surface area contributed by atoms with Gasteiger partial charge in [0.25, 0.3) is 0 Å². The Bertz CT molecular complexity index is 573. The number of aromatic nitrogens is 2. The lowest BCUT2D eigenvalue weighted by Gasteiger charge is -2.24. The van der Waals surface area contributed by atoms with Crippen molar-refractivity contribution in [1.82, 2.24) is 9.78 Å². The van der Waals surface area contributed by atoms with Crippen LogP contribution in [0.25, 0.3) is 0 Å². The molecular formula is C16H23N3O. The molecular weight excluding hydrogens is 250 g/mol. The van der Waals surface area contributed by atoms with Crippen molar-refractivity contribution in [3.63, 3.8) is 0 Å². The highest BCUT2D eigenvalue weighted by Crippen LogP contribution is 2.25. The molecule has 1 aromatic heterocycles. The Balaban J connectivity index is 2.20. The molecule has 2 rings (SSSR count). The van der Waals surface area contributed by atoms with Crippen LogP contribution in [0.3, 0.4) is 0 Å². The highest BCUT2D eigenvalue weighted by atomic mass is 16.5. The van der Waals surface area contributed by atoms with Crippen LogP contribution in [0, 0.1) is 0 Å². The Hall–Kier alpha value is -1.81. The minimum atomic E-state index is -0.468. The molecule has 1 aromatic carbocycles. The normalized spacial score (nSPS) is 14.3. The fraction of sp³-hybridized carbons (Fsp3) is 0.438. The van der Waals surface area contributed by atoms with Crippen molar-refractivity contribution in [1.29, 1.82) is 0 Å². The van der Waals surface area contributed by atoms with Gasteiger partial charge in [-0.1, -0.05) is 12.1 Å². The number of nitrogens with zero attached hydrogens (tertiary/aromatic N) is 2. The van der Waals surface area contributed by atoms with Crippen LogP contribution in [0.5, 0.6) is 5.75 Å². The first-order chi connectivity index (χ1) is 9.42. The number of rotatable bonds is 5. The van der Waals surface area contributed by atoms with Crippen LogP contribution in [-0.4, -0.2) is 16.9 Å².